The van der Waals surface area contributed by atoms with Gasteiger partial charge in [-0.3, -0.25) is 4.79 Å². The summed E-state index contributed by atoms with van der Waals surface area (Å²) >= 11 is 3.13. The van der Waals surface area contributed by atoms with Gasteiger partial charge >= 0.3 is 0 Å². The van der Waals surface area contributed by atoms with Gasteiger partial charge in [0.25, 0.3) is 0 Å². The Morgan fingerprint density at radius 2 is 2.00 bits per heavy atom. The van der Waals surface area contributed by atoms with Gasteiger partial charge in [0, 0.05) is 39.0 Å². The minimum Gasteiger partial charge on any atom is -0.361 e. The van der Waals surface area contributed by atoms with Crippen molar-refractivity contribution < 1.29 is 4.79 Å². The van der Waals surface area contributed by atoms with Gasteiger partial charge in [-0.2, -0.15) is 8.75 Å². The monoisotopic (exact) mass is 369 g/mol. The topological polar surface area (TPSA) is 54.9 Å². The highest BCUT2D eigenvalue weighted by Crippen LogP contribution is 2.52. The summed E-state index contributed by atoms with van der Waals surface area (Å²) in [6.45, 7) is 4.16. The van der Waals surface area contributed by atoms with E-state index in [-0.39, 0.29) is 11.3 Å². The summed E-state index contributed by atoms with van der Waals surface area (Å²) in [5.74, 6) is 1.44. The molecule has 1 unspecified atom stereocenters. The molecule has 128 valence electrons. The summed E-state index contributed by atoms with van der Waals surface area (Å²) in [6, 6.07) is 6.29. The molecule has 4 nitrogen and oxygen atoms in total. The molecule has 2 aliphatic heterocycles. The minimum absolute atomic E-state index is 0.0527. The lowest BCUT2D eigenvalue weighted by Crippen LogP contribution is -2.38. The third kappa shape index (κ3) is 2.30. The summed E-state index contributed by atoms with van der Waals surface area (Å²) in [7, 11) is 0. The maximum atomic E-state index is 13.3. The zero-order chi connectivity index (χ0) is 17.2. The van der Waals surface area contributed by atoms with Crippen LogP contribution in [0.5, 0.6) is 0 Å². The molecule has 0 saturated heterocycles. The number of rotatable bonds is 1. The van der Waals surface area contributed by atoms with Crippen LogP contribution >= 0.6 is 23.5 Å². The fourth-order valence-electron chi connectivity index (χ4n) is 4.09. The van der Waals surface area contributed by atoms with Crippen molar-refractivity contribution in [2.75, 3.05) is 5.75 Å². The van der Waals surface area contributed by atoms with E-state index >= 15 is 0 Å². The van der Waals surface area contributed by atoms with Gasteiger partial charge in [0.15, 0.2) is 5.78 Å². The van der Waals surface area contributed by atoms with Crippen LogP contribution in [0.25, 0.3) is 11.0 Å². The van der Waals surface area contributed by atoms with Crippen LogP contribution in [0.2, 0.25) is 0 Å². The van der Waals surface area contributed by atoms with E-state index in [1.54, 1.807) is 0 Å². The highest BCUT2D eigenvalue weighted by molar-refractivity contribution is 8.03. The zero-order valence-corrected chi connectivity index (χ0v) is 15.9. The summed E-state index contributed by atoms with van der Waals surface area (Å²) in [4.78, 5) is 14.6. The lowest BCUT2D eigenvalue weighted by atomic mass is 9.69. The summed E-state index contributed by atoms with van der Waals surface area (Å²) < 4.78 is 8.72. The number of benzene rings is 1. The first-order chi connectivity index (χ1) is 12.0. The van der Waals surface area contributed by atoms with Crippen LogP contribution in [0.15, 0.2) is 40.1 Å². The van der Waals surface area contributed by atoms with Crippen LogP contribution in [0.3, 0.4) is 0 Å². The second-order valence-electron chi connectivity index (χ2n) is 7.62. The van der Waals surface area contributed by atoms with Crippen LogP contribution in [-0.2, 0) is 4.79 Å². The predicted molar refractivity (Wildman–Crippen MR) is 102 cm³/mol. The number of allylic oxidation sites excluding steroid dienone is 4. The first-order valence-electron chi connectivity index (χ1n) is 8.67. The van der Waals surface area contributed by atoms with Crippen LogP contribution < -0.4 is 5.32 Å². The second-order valence-corrected chi connectivity index (χ2v) is 9.28. The molecule has 0 spiro atoms. The Labute approximate surface area is 155 Å². The third-order valence-electron chi connectivity index (χ3n) is 5.56. The predicted octanol–water partition coefficient (Wildman–Crippen LogP) is 4.37. The van der Waals surface area contributed by atoms with E-state index in [1.807, 2.05) is 17.8 Å². The van der Waals surface area contributed by atoms with Gasteiger partial charge in [-0.05, 0) is 37.0 Å². The van der Waals surface area contributed by atoms with Crippen LogP contribution in [0, 0.1) is 5.41 Å². The van der Waals surface area contributed by atoms with E-state index in [4.69, 9.17) is 0 Å². The van der Waals surface area contributed by atoms with E-state index in [0.717, 1.165) is 47.3 Å². The minimum atomic E-state index is -0.285. The van der Waals surface area contributed by atoms with Gasteiger partial charge < -0.3 is 5.32 Å². The molecule has 6 heteroatoms. The van der Waals surface area contributed by atoms with Crippen molar-refractivity contribution in [1.82, 2.24) is 14.1 Å². The molecule has 0 saturated carbocycles. The lowest BCUT2D eigenvalue weighted by molar-refractivity contribution is -0.124. The Hall–Kier alpha value is -1.66. The van der Waals surface area contributed by atoms with Gasteiger partial charge in [-0.25, -0.2) is 0 Å². The van der Waals surface area contributed by atoms with Crippen molar-refractivity contribution in [2.45, 2.75) is 39.0 Å². The normalized spacial score (nSPS) is 25.2. The molecule has 0 radical (unpaired) electrons. The zero-order valence-electron chi connectivity index (χ0n) is 14.3. The molecule has 0 fully saturated rings. The van der Waals surface area contributed by atoms with Gasteiger partial charge in [-0.15, -0.1) is 11.8 Å². The van der Waals surface area contributed by atoms with Crippen LogP contribution in [-0.4, -0.2) is 20.3 Å². The number of ketones is 1. The number of thioether (sulfide) groups is 1. The maximum Gasteiger partial charge on any atom is 0.167 e. The van der Waals surface area contributed by atoms with Crippen molar-refractivity contribution in [1.29, 1.82) is 0 Å². The molecule has 25 heavy (non-hydrogen) atoms. The summed E-state index contributed by atoms with van der Waals surface area (Å²) in [5.41, 5.74) is 6.18. The van der Waals surface area contributed by atoms with E-state index in [9.17, 15) is 4.79 Å². The fourth-order valence-corrected chi connectivity index (χ4v) is 5.88. The van der Waals surface area contributed by atoms with Crippen LogP contribution in [0.1, 0.15) is 44.6 Å². The largest absolute Gasteiger partial charge is 0.361 e. The van der Waals surface area contributed by atoms with E-state index < -0.39 is 0 Å². The highest BCUT2D eigenvalue weighted by Gasteiger charge is 2.44. The van der Waals surface area contributed by atoms with Crippen molar-refractivity contribution in [3.63, 3.8) is 0 Å². The Balaban J connectivity index is 1.70. The molecule has 0 bridgehead atoms. The molecule has 1 atom stereocenters. The number of hydrogen-bond donors (Lipinski definition) is 1. The van der Waals surface area contributed by atoms with Crippen molar-refractivity contribution in [3.8, 4) is 0 Å². The number of Topliss-reactive ketones (excluding diaryl/α,β-unsaturated/α-hetero) is 1. The number of hydrogen-bond acceptors (Lipinski definition) is 6. The molecule has 1 aromatic heterocycles. The Morgan fingerprint density at radius 1 is 1.16 bits per heavy atom. The van der Waals surface area contributed by atoms with E-state index in [0.29, 0.717) is 5.78 Å². The second kappa shape index (κ2) is 5.42. The summed E-state index contributed by atoms with van der Waals surface area (Å²) in [5, 5.41) is 3.61. The summed E-state index contributed by atoms with van der Waals surface area (Å²) in [6.07, 6.45) is 2.92. The maximum absolute atomic E-state index is 13.3. The van der Waals surface area contributed by atoms with Crippen LogP contribution in [0.4, 0.5) is 0 Å². The molecule has 1 N–H and O–H groups in total. The Bertz CT molecular complexity index is 970. The number of nitrogens with one attached hydrogen (secondary N) is 1. The molecular formula is C19H19N3OS2. The number of aromatic nitrogens is 2. The molecule has 5 rings (SSSR count). The first-order valence-corrected chi connectivity index (χ1v) is 10.4. The molecule has 2 aromatic rings. The smallest absolute Gasteiger partial charge is 0.167 e. The van der Waals surface area contributed by atoms with Gasteiger partial charge in [0.1, 0.15) is 11.0 Å². The van der Waals surface area contributed by atoms with Gasteiger partial charge in [-0.1, -0.05) is 19.9 Å². The average molecular weight is 370 g/mol. The number of nitrogens with zero attached hydrogens (tertiary/aromatic N) is 2. The SMILES string of the molecule is CC1(C)CCC2=C(C1=O)C(c1ccc3nsnc3c1)C1=C(CCS1)N2. The molecule has 0 amide bonds. The fraction of sp³-hybridized carbons (Fsp3) is 0.421. The number of carbonyl (C=O) groups excluding carboxylic acids is 1. The Kier molecular flexibility index (Phi) is 3.38. The number of dihydropyridines is 1. The highest BCUT2D eigenvalue weighted by atomic mass is 32.2. The van der Waals surface area contributed by atoms with Gasteiger partial charge in [0.05, 0.1) is 11.7 Å². The molecule has 3 heterocycles. The standard InChI is InChI=1S/C19H19N3OS2/c1-19(2)7-5-12-16(18(19)23)15(17-13(20-12)6-8-24-17)10-3-4-11-14(9-10)22-25-21-11/h3-4,9,15,20H,5-8H2,1-2H3. The first kappa shape index (κ1) is 15.6. The third-order valence-corrected chi connectivity index (χ3v) is 7.31. The number of fused-ring (bicyclic) bond motifs is 1. The van der Waals surface area contributed by atoms with Gasteiger partial charge in [0.2, 0.25) is 0 Å². The van der Waals surface area contributed by atoms with Crippen molar-refractivity contribution >= 4 is 40.3 Å². The lowest BCUT2D eigenvalue weighted by Gasteiger charge is -2.39. The van der Waals surface area contributed by atoms with Crippen molar-refractivity contribution in [2.24, 2.45) is 5.41 Å². The number of carbonyl (C=O) groups is 1. The molecule has 1 aromatic carbocycles. The van der Waals surface area contributed by atoms with E-state index in [2.05, 4.69) is 40.0 Å². The Morgan fingerprint density at radius 3 is 2.88 bits per heavy atom. The van der Waals surface area contributed by atoms with E-state index in [1.165, 1.54) is 27.9 Å². The quantitative estimate of drug-likeness (QED) is 0.809. The van der Waals surface area contributed by atoms with Crippen molar-refractivity contribution in [3.05, 3.63) is 45.6 Å². The molecule has 3 aliphatic rings. The average Bonchev–Trinajstić information content (AvgIpc) is 3.24. The molecule has 1 aliphatic carbocycles. The molecular weight excluding hydrogens is 350 g/mol.